The predicted octanol–water partition coefficient (Wildman–Crippen LogP) is 1.49. The van der Waals surface area contributed by atoms with Crippen LogP contribution in [0.1, 0.15) is 23.0 Å². The minimum Gasteiger partial charge on any atom is -0.477 e. The first-order valence-corrected chi connectivity index (χ1v) is 8.61. The van der Waals surface area contributed by atoms with Crippen molar-refractivity contribution in [3.05, 3.63) is 17.0 Å². The van der Waals surface area contributed by atoms with Crippen molar-refractivity contribution in [2.75, 3.05) is 26.3 Å². The third-order valence-corrected chi connectivity index (χ3v) is 6.71. The van der Waals surface area contributed by atoms with E-state index < -0.39 is 16.0 Å². The zero-order valence-electron chi connectivity index (χ0n) is 11.1. The lowest BCUT2D eigenvalue weighted by Gasteiger charge is -2.22. The van der Waals surface area contributed by atoms with Crippen molar-refractivity contribution in [1.29, 1.82) is 0 Å². The fourth-order valence-electron chi connectivity index (χ4n) is 2.11. The van der Waals surface area contributed by atoms with Crippen LogP contribution in [0.15, 0.2) is 16.3 Å². The molecular weight excluding hydrogens is 302 g/mol. The fourth-order valence-corrected chi connectivity index (χ4v) is 4.94. The Morgan fingerprint density at radius 2 is 2.30 bits per heavy atom. The Morgan fingerprint density at radius 3 is 2.80 bits per heavy atom. The molecule has 0 aliphatic carbocycles. The Kier molecular flexibility index (Phi) is 4.79. The molecule has 8 heteroatoms. The summed E-state index contributed by atoms with van der Waals surface area (Å²) in [6.45, 7) is 3.80. The van der Waals surface area contributed by atoms with Crippen LogP contribution in [0.5, 0.6) is 0 Å². The van der Waals surface area contributed by atoms with Gasteiger partial charge in [0, 0.05) is 19.7 Å². The predicted molar refractivity (Wildman–Crippen MR) is 74.6 cm³/mol. The van der Waals surface area contributed by atoms with Gasteiger partial charge in [0.2, 0.25) is 0 Å². The van der Waals surface area contributed by atoms with E-state index in [1.54, 1.807) is 6.92 Å². The molecule has 0 amide bonds. The SMILES string of the molecule is CCN(CC1CCOC1)S(=O)(=O)c1ccc(C(=O)O)s1. The summed E-state index contributed by atoms with van der Waals surface area (Å²) in [6, 6.07) is 2.68. The molecule has 0 aromatic carbocycles. The minimum atomic E-state index is -3.62. The molecule has 2 heterocycles. The molecule has 20 heavy (non-hydrogen) atoms. The van der Waals surface area contributed by atoms with E-state index in [4.69, 9.17) is 9.84 Å². The van der Waals surface area contributed by atoms with Crippen molar-refractivity contribution >= 4 is 27.3 Å². The average Bonchev–Trinajstić information content (AvgIpc) is 3.06. The van der Waals surface area contributed by atoms with Crippen LogP contribution >= 0.6 is 11.3 Å². The molecule has 1 unspecified atom stereocenters. The molecule has 112 valence electrons. The summed E-state index contributed by atoms with van der Waals surface area (Å²) in [5.74, 6) is -0.896. The van der Waals surface area contributed by atoms with Crippen LogP contribution in [0, 0.1) is 5.92 Å². The molecule has 1 aromatic heterocycles. The maximum atomic E-state index is 12.5. The molecule has 0 spiro atoms. The van der Waals surface area contributed by atoms with Gasteiger partial charge in [-0.05, 0) is 24.5 Å². The molecule has 1 aliphatic heterocycles. The summed E-state index contributed by atoms with van der Waals surface area (Å²) in [5.41, 5.74) is 0. The van der Waals surface area contributed by atoms with Crippen molar-refractivity contribution in [2.45, 2.75) is 17.6 Å². The van der Waals surface area contributed by atoms with Crippen LogP contribution in [0.2, 0.25) is 0 Å². The minimum absolute atomic E-state index is 0.0313. The Hall–Kier alpha value is -0.960. The second-order valence-corrected chi connectivity index (χ2v) is 7.86. The van der Waals surface area contributed by atoms with Gasteiger partial charge >= 0.3 is 5.97 Å². The van der Waals surface area contributed by atoms with Crippen molar-refractivity contribution < 1.29 is 23.1 Å². The van der Waals surface area contributed by atoms with E-state index in [0.29, 0.717) is 26.3 Å². The summed E-state index contributed by atoms with van der Waals surface area (Å²) < 4.78 is 31.7. The standard InChI is InChI=1S/C12H17NO5S2/c1-2-13(7-9-5-6-18-8-9)20(16,17)11-4-3-10(19-11)12(14)15/h3-4,9H,2,5-8H2,1H3,(H,14,15). The first kappa shape index (κ1) is 15.4. The maximum Gasteiger partial charge on any atom is 0.345 e. The van der Waals surface area contributed by atoms with Gasteiger partial charge in [0.1, 0.15) is 9.09 Å². The van der Waals surface area contributed by atoms with Crippen molar-refractivity contribution in [3.63, 3.8) is 0 Å². The van der Waals surface area contributed by atoms with Crippen LogP contribution in [0.4, 0.5) is 0 Å². The number of sulfonamides is 1. The van der Waals surface area contributed by atoms with Crippen molar-refractivity contribution in [1.82, 2.24) is 4.31 Å². The molecule has 6 nitrogen and oxygen atoms in total. The van der Waals surface area contributed by atoms with E-state index in [9.17, 15) is 13.2 Å². The van der Waals surface area contributed by atoms with Gasteiger partial charge in [0.05, 0.1) is 6.61 Å². The topological polar surface area (TPSA) is 83.9 Å². The first-order chi connectivity index (χ1) is 9.45. The molecule has 1 saturated heterocycles. The zero-order chi connectivity index (χ0) is 14.8. The van der Waals surface area contributed by atoms with Gasteiger partial charge in [-0.3, -0.25) is 0 Å². The number of hydrogen-bond acceptors (Lipinski definition) is 5. The highest BCUT2D eigenvalue weighted by Crippen LogP contribution is 2.26. The highest BCUT2D eigenvalue weighted by atomic mass is 32.2. The Labute approximate surface area is 122 Å². The number of nitrogens with zero attached hydrogens (tertiary/aromatic N) is 1. The van der Waals surface area contributed by atoms with Gasteiger partial charge < -0.3 is 9.84 Å². The summed E-state index contributed by atoms with van der Waals surface area (Å²) >= 11 is 0.789. The zero-order valence-corrected chi connectivity index (χ0v) is 12.7. The third kappa shape index (κ3) is 3.20. The molecule has 1 atom stereocenters. The van der Waals surface area contributed by atoms with E-state index in [-0.39, 0.29) is 15.0 Å². The number of thiophene rings is 1. The second-order valence-electron chi connectivity index (χ2n) is 4.61. The van der Waals surface area contributed by atoms with Gasteiger partial charge in [0.15, 0.2) is 0 Å². The molecule has 1 N–H and O–H groups in total. The molecule has 1 aromatic rings. The van der Waals surface area contributed by atoms with Crippen LogP contribution in [0.25, 0.3) is 0 Å². The summed E-state index contributed by atoms with van der Waals surface area (Å²) in [4.78, 5) is 10.9. The number of aromatic carboxylic acids is 1. The van der Waals surface area contributed by atoms with Gasteiger partial charge in [-0.15, -0.1) is 11.3 Å². The molecule has 0 radical (unpaired) electrons. The van der Waals surface area contributed by atoms with E-state index >= 15 is 0 Å². The molecule has 1 fully saturated rings. The van der Waals surface area contributed by atoms with Gasteiger partial charge in [-0.2, -0.15) is 4.31 Å². The Balaban J connectivity index is 2.18. The molecular formula is C12H17NO5S2. The van der Waals surface area contributed by atoms with E-state index in [0.717, 1.165) is 17.8 Å². The lowest BCUT2D eigenvalue weighted by Crippen LogP contribution is -2.35. The van der Waals surface area contributed by atoms with Gasteiger partial charge in [0.25, 0.3) is 10.0 Å². The van der Waals surface area contributed by atoms with Crippen LogP contribution in [0.3, 0.4) is 0 Å². The largest absolute Gasteiger partial charge is 0.477 e. The highest BCUT2D eigenvalue weighted by molar-refractivity contribution is 7.91. The number of carboxylic acids is 1. The summed E-state index contributed by atoms with van der Waals surface area (Å²) in [7, 11) is -3.62. The molecule has 0 bridgehead atoms. The van der Waals surface area contributed by atoms with E-state index in [1.807, 2.05) is 0 Å². The monoisotopic (exact) mass is 319 g/mol. The number of rotatable bonds is 6. The molecule has 0 saturated carbocycles. The smallest absolute Gasteiger partial charge is 0.345 e. The van der Waals surface area contributed by atoms with E-state index in [2.05, 4.69) is 0 Å². The highest BCUT2D eigenvalue weighted by Gasteiger charge is 2.29. The van der Waals surface area contributed by atoms with Crippen molar-refractivity contribution in [2.24, 2.45) is 5.92 Å². The normalized spacial score (nSPS) is 19.6. The van der Waals surface area contributed by atoms with Crippen LogP contribution in [-0.2, 0) is 14.8 Å². The lowest BCUT2D eigenvalue weighted by atomic mass is 10.1. The molecule has 1 aliphatic rings. The van der Waals surface area contributed by atoms with Gasteiger partial charge in [-0.25, -0.2) is 13.2 Å². The third-order valence-electron chi connectivity index (χ3n) is 3.22. The van der Waals surface area contributed by atoms with Crippen LogP contribution in [-0.4, -0.2) is 50.1 Å². The number of carboxylic acid groups (broad SMARTS) is 1. The number of ether oxygens (including phenoxy) is 1. The lowest BCUT2D eigenvalue weighted by molar-refractivity contribution is 0.0702. The Morgan fingerprint density at radius 1 is 1.55 bits per heavy atom. The average molecular weight is 319 g/mol. The van der Waals surface area contributed by atoms with Gasteiger partial charge in [-0.1, -0.05) is 6.92 Å². The van der Waals surface area contributed by atoms with Crippen molar-refractivity contribution in [3.8, 4) is 0 Å². The number of carbonyl (C=O) groups is 1. The summed E-state index contributed by atoms with van der Waals surface area (Å²) in [5, 5.41) is 8.87. The summed E-state index contributed by atoms with van der Waals surface area (Å²) in [6.07, 6.45) is 0.858. The Bertz CT molecular complexity index is 574. The first-order valence-electron chi connectivity index (χ1n) is 6.36. The number of hydrogen-bond donors (Lipinski definition) is 1. The molecule has 2 rings (SSSR count). The van der Waals surface area contributed by atoms with E-state index in [1.165, 1.54) is 16.4 Å². The fraction of sp³-hybridized carbons (Fsp3) is 0.583. The maximum absolute atomic E-state index is 12.5. The van der Waals surface area contributed by atoms with Crippen LogP contribution < -0.4 is 0 Å². The quantitative estimate of drug-likeness (QED) is 0.859. The second kappa shape index (κ2) is 6.21.